The fourth-order valence-electron chi connectivity index (χ4n) is 3.00. The largest absolute Gasteiger partial charge is 0.441 e. The van der Waals surface area contributed by atoms with Crippen LogP contribution in [-0.4, -0.2) is 48.8 Å². The summed E-state index contributed by atoms with van der Waals surface area (Å²) >= 11 is 1.29. The van der Waals surface area contributed by atoms with Crippen LogP contribution in [0.5, 0.6) is 0 Å². The van der Waals surface area contributed by atoms with Crippen molar-refractivity contribution in [2.24, 2.45) is 4.99 Å². The molecular formula is C20H20FN3O3S. The fourth-order valence-corrected chi connectivity index (χ4v) is 4.04. The van der Waals surface area contributed by atoms with Crippen molar-refractivity contribution in [2.45, 2.75) is 6.92 Å². The number of hydrogen-bond acceptors (Lipinski definition) is 6. The molecule has 0 radical (unpaired) electrons. The van der Waals surface area contributed by atoms with Crippen LogP contribution in [-0.2, 0) is 9.53 Å². The molecule has 28 heavy (non-hydrogen) atoms. The van der Waals surface area contributed by atoms with Crippen LogP contribution in [0.2, 0.25) is 0 Å². The van der Waals surface area contributed by atoms with E-state index in [0.717, 1.165) is 19.0 Å². The number of hydrogen-bond donors (Lipinski definition) is 0. The van der Waals surface area contributed by atoms with Gasteiger partial charge in [0.05, 0.1) is 23.8 Å². The maximum atomic E-state index is 13.1. The Morgan fingerprint density at radius 1 is 1.18 bits per heavy atom. The van der Waals surface area contributed by atoms with Crippen molar-refractivity contribution in [3.8, 4) is 0 Å². The van der Waals surface area contributed by atoms with E-state index < -0.39 is 0 Å². The average Bonchev–Trinajstić information content (AvgIpc) is 3.29. The van der Waals surface area contributed by atoms with Crippen LogP contribution in [0.25, 0.3) is 6.08 Å². The van der Waals surface area contributed by atoms with E-state index >= 15 is 0 Å². The molecule has 0 saturated carbocycles. The lowest BCUT2D eigenvalue weighted by molar-refractivity contribution is -0.122. The third-order valence-electron chi connectivity index (χ3n) is 4.46. The zero-order valence-electron chi connectivity index (χ0n) is 15.4. The van der Waals surface area contributed by atoms with Crippen molar-refractivity contribution < 1.29 is 18.3 Å². The minimum absolute atomic E-state index is 0.113. The number of amides is 1. The van der Waals surface area contributed by atoms with Crippen LogP contribution in [0.4, 0.5) is 16.0 Å². The summed E-state index contributed by atoms with van der Waals surface area (Å²) in [6.45, 7) is 5.33. The Kier molecular flexibility index (Phi) is 5.50. The zero-order chi connectivity index (χ0) is 19.5. The number of nitrogens with zero attached hydrogens (tertiary/aromatic N) is 3. The molecule has 2 saturated heterocycles. The molecule has 1 aromatic carbocycles. The van der Waals surface area contributed by atoms with E-state index in [0.29, 0.717) is 41.3 Å². The number of likely N-dealkylation sites (N-methyl/N-ethyl adjacent to an activating group) is 1. The molecule has 2 aromatic rings. The Morgan fingerprint density at radius 3 is 2.64 bits per heavy atom. The predicted octanol–water partition coefficient (Wildman–Crippen LogP) is 3.88. The van der Waals surface area contributed by atoms with E-state index in [2.05, 4.69) is 9.89 Å². The van der Waals surface area contributed by atoms with Gasteiger partial charge in [0.1, 0.15) is 11.6 Å². The van der Waals surface area contributed by atoms with Gasteiger partial charge in [-0.05, 0) is 49.0 Å². The number of morpholine rings is 1. The highest BCUT2D eigenvalue weighted by Crippen LogP contribution is 2.34. The van der Waals surface area contributed by atoms with Crippen molar-refractivity contribution in [3.63, 3.8) is 0 Å². The smallest absolute Gasteiger partial charge is 0.266 e. The molecule has 1 aromatic heterocycles. The van der Waals surface area contributed by atoms with Crippen LogP contribution in [0.15, 0.2) is 50.7 Å². The first kappa shape index (κ1) is 18.8. The van der Waals surface area contributed by atoms with Gasteiger partial charge in [0.2, 0.25) is 0 Å². The Balaban J connectivity index is 1.55. The SMILES string of the molecule is CCN1C(=O)C(=Cc2ccc(N3CCOCC3)o2)SC1=Nc1ccc(F)cc1. The van der Waals surface area contributed by atoms with E-state index in [1.807, 2.05) is 19.1 Å². The fraction of sp³-hybridized carbons (Fsp3) is 0.300. The van der Waals surface area contributed by atoms with Crippen LogP contribution < -0.4 is 4.90 Å². The molecule has 0 atom stereocenters. The summed E-state index contributed by atoms with van der Waals surface area (Å²) < 4.78 is 24.4. The molecule has 0 N–H and O–H groups in total. The number of halogens is 1. The monoisotopic (exact) mass is 401 g/mol. The normalized spacial score (nSPS) is 20.6. The summed E-state index contributed by atoms with van der Waals surface area (Å²) in [6, 6.07) is 9.64. The molecule has 146 valence electrons. The molecule has 2 aliphatic heterocycles. The second-order valence-corrected chi connectivity index (χ2v) is 7.32. The number of rotatable bonds is 4. The molecule has 8 heteroatoms. The number of amidine groups is 1. The Bertz CT molecular complexity index is 917. The van der Waals surface area contributed by atoms with Gasteiger partial charge in [-0.25, -0.2) is 9.38 Å². The first-order chi connectivity index (χ1) is 13.6. The summed E-state index contributed by atoms with van der Waals surface area (Å²) in [6.07, 6.45) is 1.74. The molecule has 2 fully saturated rings. The molecule has 0 aliphatic carbocycles. The van der Waals surface area contributed by atoms with E-state index in [9.17, 15) is 9.18 Å². The lowest BCUT2D eigenvalue weighted by Gasteiger charge is -2.26. The number of furan rings is 1. The van der Waals surface area contributed by atoms with Gasteiger partial charge in [-0.1, -0.05) is 0 Å². The Labute approximate surface area is 166 Å². The number of ether oxygens (including phenoxy) is 1. The van der Waals surface area contributed by atoms with Crippen LogP contribution in [0.3, 0.4) is 0 Å². The number of thioether (sulfide) groups is 1. The summed E-state index contributed by atoms with van der Waals surface area (Å²) in [5.74, 6) is 0.966. The summed E-state index contributed by atoms with van der Waals surface area (Å²) in [5, 5.41) is 0.574. The van der Waals surface area contributed by atoms with Crippen molar-refractivity contribution in [3.05, 3.63) is 52.9 Å². The maximum Gasteiger partial charge on any atom is 0.266 e. The number of benzene rings is 1. The first-order valence-electron chi connectivity index (χ1n) is 9.12. The second kappa shape index (κ2) is 8.20. The Morgan fingerprint density at radius 2 is 1.93 bits per heavy atom. The first-order valence-corrected chi connectivity index (χ1v) is 9.94. The van der Waals surface area contributed by atoms with Gasteiger partial charge >= 0.3 is 0 Å². The molecular weight excluding hydrogens is 381 g/mol. The number of anilines is 1. The van der Waals surface area contributed by atoms with Gasteiger partial charge in [0, 0.05) is 31.8 Å². The topological polar surface area (TPSA) is 58.3 Å². The average molecular weight is 401 g/mol. The molecule has 0 unspecified atom stereocenters. The minimum Gasteiger partial charge on any atom is -0.441 e. The van der Waals surface area contributed by atoms with Gasteiger partial charge in [-0.2, -0.15) is 0 Å². The number of carbonyl (C=O) groups is 1. The van der Waals surface area contributed by atoms with Gasteiger partial charge < -0.3 is 14.1 Å². The summed E-state index contributed by atoms with van der Waals surface area (Å²) in [5.41, 5.74) is 0.601. The minimum atomic E-state index is -0.319. The third kappa shape index (κ3) is 3.98. The lowest BCUT2D eigenvalue weighted by atomic mass is 10.3. The third-order valence-corrected chi connectivity index (χ3v) is 5.47. The number of carbonyl (C=O) groups excluding carboxylic acids is 1. The van der Waals surface area contributed by atoms with E-state index in [1.54, 1.807) is 23.1 Å². The standard InChI is InChI=1S/C20H20FN3O3S/c1-2-24-19(25)17(28-20(24)22-15-5-3-14(21)4-6-15)13-16-7-8-18(27-16)23-9-11-26-12-10-23/h3-8,13H,2,9-12H2,1H3. The van der Waals surface area contributed by atoms with Gasteiger partial charge in [0.25, 0.3) is 5.91 Å². The quantitative estimate of drug-likeness (QED) is 0.728. The van der Waals surface area contributed by atoms with Crippen molar-refractivity contribution in [1.29, 1.82) is 0 Å². The molecule has 3 heterocycles. The van der Waals surface area contributed by atoms with Crippen LogP contribution in [0.1, 0.15) is 12.7 Å². The molecule has 4 rings (SSSR count). The van der Waals surface area contributed by atoms with Gasteiger partial charge in [-0.15, -0.1) is 0 Å². The molecule has 2 aliphatic rings. The van der Waals surface area contributed by atoms with E-state index in [1.165, 1.54) is 23.9 Å². The summed E-state index contributed by atoms with van der Waals surface area (Å²) in [4.78, 5) is 21.5. The van der Waals surface area contributed by atoms with Gasteiger partial charge in [0.15, 0.2) is 11.1 Å². The highest BCUT2D eigenvalue weighted by atomic mass is 32.2. The van der Waals surface area contributed by atoms with E-state index in [-0.39, 0.29) is 11.7 Å². The van der Waals surface area contributed by atoms with Crippen LogP contribution in [0, 0.1) is 5.82 Å². The van der Waals surface area contributed by atoms with Crippen LogP contribution >= 0.6 is 11.8 Å². The molecule has 0 bridgehead atoms. The highest BCUT2D eigenvalue weighted by molar-refractivity contribution is 8.18. The molecule has 0 spiro atoms. The van der Waals surface area contributed by atoms with Crippen molar-refractivity contribution in [2.75, 3.05) is 37.7 Å². The van der Waals surface area contributed by atoms with Crippen molar-refractivity contribution >= 4 is 40.5 Å². The second-order valence-electron chi connectivity index (χ2n) is 6.31. The molecule has 6 nitrogen and oxygen atoms in total. The number of aliphatic imine (C=N–C) groups is 1. The maximum absolute atomic E-state index is 13.1. The van der Waals surface area contributed by atoms with Crippen molar-refractivity contribution in [1.82, 2.24) is 4.90 Å². The highest BCUT2D eigenvalue weighted by Gasteiger charge is 2.32. The zero-order valence-corrected chi connectivity index (χ0v) is 16.2. The van der Waals surface area contributed by atoms with E-state index in [4.69, 9.17) is 9.15 Å². The van der Waals surface area contributed by atoms with Gasteiger partial charge in [-0.3, -0.25) is 9.69 Å². The molecule has 1 amide bonds. The predicted molar refractivity (Wildman–Crippen MR) is 108 cm³/mol. The lowest BCUT2D eigenvalue weighted by Crippen LogP contribution is -2.35. The summed E-state index contributed by atoms with van der Waals surface area (Å²) in [7, 11) is 0. The Hall–Kier alpha value is -2.58.